The van der Waals surface area contributed by atoms with Gasteiger partial charge in [0.25, 0.3) is 0 Å². The molecule has 154 valence electrons. The van der Waals surface area contributed by atoms with E-state index in [-0.39, 0.29) is 0 Å². The van der Waals surface area contributed by atoms with E-state index < -0.39 is 0 Å². The number of hydrogen-bond donors (Lipinski definition) is 0. The lowest BCUT2D eigenvalue weighted by Crippen LogP contribution is -2.40. The monoisotopic (exact) mass is 407 g/mol. The summed E-state index contributed by atoms with van der Waals surface area (Å²) in [7, 11) is 0. The number of fused-ring (bicyclic) bond motifs is 4. The first-order chi connectivity index (χ1) is 14.8. The zero-order chi connectivity index (χ0) is 20.5. The Balaban J connectivity index is 1.55. The highest BCUT2D eigenvalue weighted by Crippen LogP contribution is 2.44. The molecule has 0 spiro atoms. The van der Waals surface area contributed by atoms with Crippen LogP contribution in [0.15, 0.2) is 34.4 Å². The molecule has 0 N–H and O–H groups in total. The van der Waals surface area contributed by atoms with Crippen LogP contribution < -0.4 is 34.4 Å². The molecule has 0 amide bonds. The van der Waals surface area contributed by atoms with Crippen molar-refractivity contribution in [2.75, 3.05) is 50.8 Å². The summed E-state index contributed by atoms with van der Waals surface area (Å²) in [4.78, 5) is 9.91. The molecule has 3 heterocycles. The number of anilines is 1. The maximum atomic E-state index is 8.47. The van der Waals surface area contributed by atoms with Crippen LogP contribution in [0.3, 0.4) is 0 Å². The standard InChI is InChI=1S/C21H23N6O3/c1-2-26-6-8-28-20-10-14-18(12-16(20)26)30-19-13-17-21(11-15(19)24-14)29-9-7-27(17)5-3-4-23-25-22/h10-13H,2-9H2,1H3/q+1. The largest absolute Gasteiger partial charge is 0.489 e. The molecule has 2 aromatic carbocycles. The zero-order valence-electron chi connectivity index (χ0n) is 16.9. The lowest BCUT2D eigenvalue weighted by atomic mass is 10.1. The van der Waals surface area contributed by atoms with Crippen LogP contribution in [0.2, 0.25) is 0 Å². The van der Waals surface area contributed by atoms with E-state index in [1.54, 1.807) is 0 Å². The van der Waals surface area contributed by atoms with Gasteiger partial charge < -0.3 is 19.1 Å². The molecule has 3 aliphatic rings. The van der Waals surface area contributed by atoms with Crippen molar-refractivity contribution in [2.24, 2.45) is 10.1 Å². The molecule has 0 saturated carbocycles. The number of hydrogen-bond acceptors (Lipinski definition) is 6. The Bertz CT molecular complexity index is 1170. The minimum atomic E-state index is 0.481. The zero-order valence-corrected chi connectivity index (χ0v) is 16.9. The van der Waals surface area contributed by atoms with Crippen molar-refractivity contribution in [1.82, 2.24) is 4.58 Å². The van der Waals surface area contributed by atoms with Crippen molar-refractivity contribution in [3.8, 4) is 23.0 Å². The van der Waals surface area contributed by atoms with Crippen LogP contribution in [0, 0.1) is 0 Å². The van der Waals surface area contributed by atoms with Crippen molar-refractivity contribution in [2.45, 2.75) is 13.3 Å². The third-order valence-corrected chi connectivity index (χ3v) is 5.59. The fourth-order valence-corrected chi connectivity index (χ4v) is 4.10. The number of rotatable bonds is 5. The lowest BCUT2D eigenvalue weighted by Gasteiger charge is -2.31. The van der Waals surface area contributed by atoms with Crippen LogP contribution in [0.4, 0.5) is 11.4 Å². The summed E-state index contributed by atoms with van der Waals surface area (Å²) < 4.78 is 20.2. The molecule has 3 aliphatic heterocycles. The second-order valence-electron chi connectivity index (χ2n) is 7.36. The average molecular weight is 407 g/mol. The Labute approximate surface area is 173 Å². The van der Waals surface area contributed by atoms with Crippen molar-refractivity contribution >= 4 is 11.4 Å². The average Bonchev–Trinajstić information content (AvgIpc) is 2.77. The van der Waals surface area contributed by atoms with Gasteiger partial charge in [-0.15, -0.1) is 0 Å². The van der Waals surface area contributed by atoms with E-state index in [2.05, 4.69) is 26.4 Å². The Morgan fingerprint density at radius 1 is 1.13 bits per heavy atom. The van der Waals surface area contributed by atoms with E-state index in [0.29, 0.717) is 25.5 Å². The Morgan fingerprint density at radius 2 is 2.03 bits per heavy atom. The first-order valence-corrected chi connectivity index (χ1v) is 10.3. The van der Waals surface area contributed by atoms with Gasteiger partial charge >= 0.3 is 0 Å². The van der Waals surface area contributed by atoms with Gasteiger partial charge in [0, 0.05) is 42.6 Å². The molecular weight excluding hydrogens is 384 g/mol. The maximum Gasteiger partial charge on any atom is 0.246 e. The van der Waals surface area contributed by atoms with Crippen LogP contribution in [-0.2, 0) is 0 Å². The first-order valence-electron chi connectivity index (χ1n) is 10.3. The molecule has 9 heteroatoms. The van der Waals surface area contributed by atoms with E-state index in [4.69, 9.17) is 24.7 Å². The molecule has 5 rings (SSSR count). The van der Waals surface area contributed by atoms with Crippen LogP contribution in [0.25, 0.3) is 10.4 Å². The molecule has 0 radical (unpaired) electrons. The molecule has 30 heavy (non-hydrogen) atoms. The molecule has 0 fully saturated rings. The number of ether oxygens (including phenoxy) is 3. The summed E-state index contributed by atoms with van der Waals surface area (Å²) >= 11 is 0. The van der Waals surface area contributed by atoms with E-state index in [1.165, 1.54) is 0 Å². The van der Waals surface area contributed by atoms with Crippen molar-refractivity contribution < 1.29 is 14.2 Å². The third kappa shape index (κ3) is 3.27. The summed E-state index contributed by atoms with van der Waals surface area (Å²) in [6.45, 7) is 7.26. The Kier molecular flexibility index (Phi) is 4.80. The molecule has 0 aliphatic carbocycles. The minimum absolute atomic E-state index is 0.481. The highest BCUT2D eigenvalue weighted by atomic mass is 16.5. The maximum absolute atomic E-state index is 8.47. The summed E-state index contributed by atoms with van der Waals surface area (Å²) in [5, 5.41) is 5.36. The number of nitrogens with zero attached hydrogens (tertiary/aromatic N) is 6. The molecule has 0 aromatic heterocycles. The summed E-state index contributed by atoms with van der Waals surface area (Å²) in [6, 6.07) is 7.91. The van der Waals surface area contributed by atoms with Gasteiger partial charge in [0.15, 0.2) is 23.8 Å². The second kappa shape index (κ2) is 7.76. The number of azide groups is 1. The van der Waals surface area contributed by atoms with Gasteiger partial charge in [0.1, 0.15) is 36.6 Å². The summed E-state index contributed by atoms with van der Waals surface area (Å²) in [6.07, 6.45) is 0.785. The van der Waals surface area contributed by atoms with Crippen LogP contribution in [0.5, 0.6) is 23.0 Å². The molecular formula is C21H23N6O3+. The third-order valence-electron chi connectivity index (χ3n) is 5.59. The van der Waals surface area contributed by atoms with E-state index >= 15 is 0 Å². The van der Waals surface area contributed by atoms with Crippen molar-refractivity contribution in [3.63, 3.8) is 0 Å². The quantitative estimate of drug-likeness (QED) is 0.213. The van der Waals surface area contributed by atoms with Gasteiger partial charge in [-0.25, -0.2) is 9.57 Å². The summed E-state index contributed by atoms with van der Waals surface area (Å²) in [5.41, 5.74) is 10.3. The highest BCUT2D eigenvalue weighted by Gasteiger charge is 2.25. The minimum Gasteiger partial charge on any atom is -0.489 e. The molecule has 9 nitrogen and oxygen atoms in total. The second-order valence-corrected chi connectivity index (χ2v) is 7.36. The van der Waals surface area contributed by atoms with Gasteiger partial charge in [0.05, 0.1) is 18.3 Å². The molecule has 0 bridgehead atoms. The molecule has 0 unspecified atom stereocenters. The Hall–Kier alpha value is -3.45. The van der Waals surface area contributed by atoms with Gasteiger partial charge in [-0.3, -0.25) is 0 Å². The molecule has 2 aromatic rings. The van der Waals surface area contributed by atoms with Gasteiger partial charge in [0.2, 0.25) is 5.36 Å². The smallest absolute Gasteiger partial charge is 0.246 e. The SMILES string of the molecule is CCN1CCOc2cc3c(cc21)Oc1cc2c(cc1=N3)OCC[N+]=2CCCN=[N+]=[N-]. The van der Waals surface area contributed by atoms with Gasteiger partial charge in [-0.1, -0.05) is 5.11 Å². The van der Waals surface area contributed by atoms with E-state index in [9.17, 15) is 0 Å². The van der Waals surface area contributed by atoms with Crippen molar-refractivity contribution in [1.29, 1.82) is 0 Å². The Morgan fingerprint density at radius 3 is 2.90 bits per heavy atom. The molecule has 0 saturated heterocycles. The molecule has 0 atom stereocenters. The van der Waals surface area contributed by atoms with E-state index in [1.807, 2.05) is 24.3 Å². The van der Waals surface area contributed by atoms with Crippen LogP contribution >= 0.6 is 0 Å². The first kappa shape index (κ1) is 18.6. The number of benzene rings is 2. The fourth-order valence-electron chi connectivity index (χ4n) is 4.10. The normalized spacial score (nSPS) is 15.8. The fraction of sp³-hybridized carbons (Fsp3) is 0.429. The number of likely N-dealkylation sites (N-methyl/N-ethyl adjacent to an activating group) is 1. The van der Waals surface area contributed by atoms with Gasteiger partial charge in [-0.05, 0) is 12.5 Å². The highest BCUT2D eigenvalue weighted by molar-refractivity contribution is 5.72. The van der Waals surface area contributed by atoms with Gasteiger partial charge in [-0.2, -0.15) is 0 Å². The predicted octanol–water partition coefficient (Wildman–Crippen LogP) is 2.55. The van der Waals surface area contributed by atoms with Crippen molar-refractivity contribution in [3.05, 3.63) is 45.4 Å². The topological polar surface area (TPSA) is 95.1 Å². The predicted molar refractivity (Wildman–Crippen MR) is 112 cm³/mol. The van der Waals surface area contributed by atoms with Crippen LogP contribution in [-0.4, -0.2) is 45.9 Å². The lowest BCUT2D eigenvalue weighted by molar-refractivity contribution is 0.269. The van der Waals surface area contributed by atoms with Crippen LogP contribution in [0.1, 0.15) is 13.3 Å². The summed E-state index contributed by atoms with van der Waals surface area (Å²) in [5.74, 6) is 3.09. The van der Waals surface area contributed by atoms with E-state index in [0.717, 1.165) is 71.9 Å².